The van der Waals surface area contributed by atoms with Crippen LogP contribution in [0.15, 0.2) is 36.5 Å². The van der Waals surface area contributed by atoms with Crippen molar-refractivity contribution in [2.24, 2.45) is 5.84 Å². The fraction of sp³-hybridized carbons (Fsp3) is 0.125. The summed E-state index contributed by atoms with van der Waals surface area (Å²) in [6.45, 7) is 8.76. The zero-order chi connectivity index (χ0) is 8.85. The third-order valence-corrected chi connectivity index (χ3v) is 1.31. The zero-order valence-corrected chi connectivity index (χ0v) is 6.55. The van der Waals surface area contributed by atoms with E-state index >= 15 is 0 Å². The van der Waals surface area contributed by atoms with Gasteiger partial charge in [0.2, 0.25) is 0 Å². The molecule has 0 aromatic heterocycles. The van der Waals surface area contributed by atoms with Gasteiger partial charge in [0.15, 0.2) is 0 Å². The Morgan fingerprint density at radius 1 is 1.45 bits per heavy atom. The highest BCUT2D eigenvalue weighted by Crippen LogP contribution is 2.05. The first kappa shape index (κ1) is 9.65. The molecular formula is C8H12N2O. The number of hydrazine groups is 1. The van der Waals surface area contributed by atoms with Crippen molar-refractivity contribution in [1.82, 2.24) is 5.43 Å². The van der Waals surface area contributed by atoms with Gasteiger partial charge in [-0.25, -0.2) is 5.84 Å². The lowest BCUT2D eigenvalue weighted by atomic mass is 10.1. The van der Waals surface area contributed by atoms with Crippen molar-refractivity contribution in [1.29, 1.82) is 0 Å². The van der Waals surface area contributed by atoms with Crippen LogP contribution in [0.3, 0.4) is 0 Å². The molecule has 60 valence electrons. The number of carbonyl (C=O) groups excluding carboxylic acids is 1. The number of hydrogen-bond acceptors (Lipinski definition) is 2. The molecule has 0 aliphatic carbocycles. The third kappa shape index (κ3) is 2.39. The van der Waals surface area contributed by atoms with Gasteiger partial charge in [-0.2, -0.15) is 0 Å². The highest BCUT2D eigenvalue weighted by molar-refractivity contribution is 5.96. The van der Waals surface area contributed by atoms with Crippen LogP contribution in [-0.4, -0.2) is 5.91 Å². The average Bonchev–Trinajstić information content (AvgIpc) is 2.05. The lowest BCUT2D eigenvalue weighted by Gasteiger charge is -2.01. The number of amides is 1. The normalized spacial score (nSPS) is 11.5. The quantitative estimate of drug-likeness (QED) is 0.205. The molecular weight excluding hydrogens is 140 g/mol. The van der Waals surface area contributed by atoms with E-state index in [0.29, 0.717) is 5.57 Å². The Balaban J connectivity index is 4.78. The second kappa shape index (κ2) is 4.46. The lowest BCUT2D eigenvalue weighted by molar-refractivity contribution is -0.117. The van der Waals surface area contributed by atoms with Crippen molar-refractivity contribution in [2.45, 2.75) is 6.92 Å². The number of nitrogens with one attached hydrogen (secondary N) is 1. The Morgan fingerprint density at radius 3 is 2.27 bits per heavy atom. The summed E-state index contributed by atoms with van der Waals surface area (Å²) in [5.74, 6) is 4.58. The minimum atomic E-state index is -0.350. The number of rotatable bonds is 3. The van der Waals surface area contributed by atoms with Crippen LogP contribution in [0.25, 0.3) is 0 Å². The number of nitrogens with two attached hydrogens (primary N) is 1. The van der Waals surface area contributed by atoms with Crippen molar-refractivity contribution < 1.29 is 4.79 Å². The topological polar surface area (TPSA) is 55.1 Å². The second-order valence-corrected chi connectivity index (χ2v) is 1.98. The molecule has 0 aliphatic rings. The Labute approximate surface area is 66.2 Å². The summed E-state index contributed by atoms with van der Waals surface area (Å²) in [6.07, 6.45) is 3.02. The molecule has 0 aromatic rings. The summed E-state index contributed by atoms with van der Waals surface area (Å²) >= 11 is 0. The minimum absolute atomic E-state index is 0.350. The maximum absolute atomic E-state index is 10.9. The van der Waals surface area contributed by atoms with Crippen molar-refractivity contribution in [3.05, 3.63) is 36.5 Å². The van der Waals surface area contributed by atoms with Gasteiger partial charge >= 0.3 is 0 Å². The van der Waals surface area contributed by atoms with Crippen LogP contribution in [0.4, 0.5) is 0 Å². The second-order valence-electron chi connectivity index (χ2n) is 1.98. The van der Waals surface area contributed by atoms with E-state index in [4.69, 9.17) is 5.84 Å². The van der Waals surface area contributed by atoms with Crippen LogP contribution < -0.4 is 11.3 Å². The molecule has 0 heterocycles. The molecule has 0 rings (SSSR count). The number of carbonyl (C=O) groups is 1. The van der Waals surface area contributed by atoms with Gasteiger partial charge in [-0.15, -0.1) is 0 Å². The monoisotopic (exact) mass is 152 g/mol. The van der Waals surface area contributed by atoms with Crippen LogP contribution >= 0.6 is 0 Å². The smallest absolute Gasteiger partial charge is 0.265 e. The van der Waals surface area contributed by atoms with E-state index in [1.54, 1.807) is 13.0 Å². The molecule has 0 radical (unpaired) electrons. The summed E-state index contributed by atoms with van der Waals surface area (Å²) in [4.78, 5) is 10.9. The Kier molecular flexibility index (Phi) is 3.92. The van der Waals surface area contributed by atoms with Gasteiger partial charge in [-0.3, -0.25) is 10.2 Å². The van der Waals surface area contributed by atoms with E-state index in [0.717, 1.165) is 5.57 Å². The fourth-order valence-corrected chi connectivity index (χ4v) is 0.620. The van der Waals surface area contributed by atoms with Crippen molar-refractivity contribution in [2.75, 3.05) is 0 Å². The van der Waals surface area contributed by atoms with Gasteiger partial charge in [-0.05, 0) is 12.5 Å². The van der Waals surface area contributed by atoms with Crippen LogP contribution in [0.5, 0.6) is 0 Å². The first-order chi connectivity index (χ1) is 5.17. The summed E-state index contributed by atoms with van der Waals surface area (Å²) < 4.78 is 0. The van der Waals surface area contributed by atoms with Gasteiger partial charge in [0.05, 0.1) is 0 Å². The van der Waals surface area contributed by atoms with Gasteiger partial charge < -0.3 is 0 Å². The zero-order valence-electron chi connectivity index (χ0n) is 6.55. The Bertz CT molecular complexity index is 216. The molecule has 0 aromatic carbocycles. The van der Waals surface area contributed by atoms with E-state index in [1.165, 1.54) is 6.08 Å². The van der Waals surface area contributed by atoms with E-state index in [-0.39, 0.29) is 5.91 Å². The molecule has 3 heteroatoms. The van der Waals surface area contributed by atoms with Crippen LogP contribution in [-0.2, 0) is 4.79 Å². The molecule has 0 atom stereocenters. The number of hydrogen-bond donors (Lipinski definition) is 2. The molecule has 3 nitrogen and oxygen atoms in total. The summed E-state index contributed by atoms with van der Waals surface area (Å²) in [5.41, 5.74) is 3.21. The van der Waals surface area contributed by atoms with E-state index in [9.17, 15) is 4.79 Å². The Morgan fingerprint density at radius 2 is 2.00 bits per heavy atom. The summed E-state index contributed by atoms with van der Waals surface area (Å²) in [6, 6.07) is 0. The van der Waals surface area contributed by atoms with E-state index < -0.39 is 0 Å². The molecule has 0 saturated carbocycles. The molecule has 1 amide bonds. The first-order valence-electron chi connectivity index (χ1n) is 3.14. The largest absolute Gasteiger partial charge is 0.290 e. The predicted molar refractivity (Wildman–Crippen MR) is 45.4 cm³/mol. The molecule has 0 saturated heterocycles. The van der Waals surface area contributed by atoms with Gasteiger partial charge in [-0.1, -0.05) is 25.3 Å². The SMILES string of the molecule is C=C/C(C)=C(\C=C)C(=O)NN. The highest BCUT2D eigenvalue weighted by atomic mass is 16.2. The highest BCUT2D eigenvalue weighted by Gasteiger charge is 2.04. The van der Waals surface area contributed by atoms with Gasteiger partial charge in [0.1, 0.15) is 0 Å². The van der Waals surface area contributed by atoms with Crippen molar-refractivity contribution in [3.63, 3.8) is 0 Å². The van der Waals surface area contributed by atoms with Gasteiger partial charge in [0.25, 0.3) is 5.91 Å². The molecule has 0 bridgehead atoms. The third-order valence-electron chi connectivity index (χ3n) is 1.31. The number of allylic oxidation sites excluding steroid dienone is 2. The molecule has 11 heavy (non-hydrogen) atoms. The summed E-state index contributed by atoms with van der Waals surface area (Å²) in [7, 11) is 0. The fourth-order valence-electron chi connectivity index (χ4n) is 0.620. The average molecular weight is 152 g/mol. The van der Waals surface area contributed by atoms with Crippen LogP contribution in [0.1, 0.15) is 6.92 Å². The first-order valence-corrected chi connectivity index (χ1v) is 3.14. The van der Waals surface area contributed by atoms with Crippen molar-refractivity contribution >= 4 is 5.91 Å². The molecule has 0 aliphatic heterocycles. The van der Waals surface area contributed by atoms with E-state index in [1.807, 2.05) is 5.43 Å². The lowest BCUT2D eigenvalue weighted by Crippen LogP contribution is -2.31. The van der Waals surface area contributed by atoms with E-state index in [2.05, 4.69) is 13.2 Å². The standard InChI is InChI=1S/C8H12N2O/c1-4-6(3)7(5-2)8(11)10-9/h4-5H,1-2,9H2,3H3,(H,10,11)/b7-6+. The maximum Gasteiger partial charge on any atom is 0.265 e. The Hall–Kier alpha value is -1.35. The predicted octanol–water partition coefficient (Wildman–Crippen LogP) is 0.665. The molecule has 0 fully saturated rings. The van der Waals surface area contributed by atoms with Crippen LogP contribution in [0.2, 0.25) is 0 Å². The minimum Gasteiger partial charge on any atom is -0.290 e. The summed E-state index contributed by atoms with van der Waals surface area (Å²) in [5, 5.41) is 0. The molecule has 0 unspecified atom stereocenters. The maximum atomic E-state index is 10.9. The van der Waals surface area contributed by atoms with Crippen LogP contribution in [0, 0.1) is 0 Å². The van der Waals surface area contributed by atoms with Gasteiger partial charge in [0, 0.05) is 5.57 Å². The molecule has 3 N–H and O–H groups in total. The van der Waals surface area contributed by atoms with Crippen molar-refractivity contribution in [3.8, 4) is 0 Å². The molecule has 0 spiro atoms.